The minimum atomic E-state index is -0.724. The van der Waals surface area contributed by atoms with Crippen molar-refractivity contribution in [2.24, 2.45) is 5.73 Å². The fourth-order valence-corrected chi connectivity index (χ4v) is 1.21. The van der Waals surface area contributed by atoms with Gasteiger partial charge in [0.2, 0.25) is 5.91 Å². The molecular formula is C10H8BrF2NO. The highest BCUT2D eigenvalue weighted by Crippen LogP contribution is 2.22. The van der Waals surface area contributed by atoms with Gasteiger partial charge in [-0.15, -0.1) is 0 Å². The Kier molecular flexibility index (Phi) is 3.57. The van der Waals surface area contributed by atoms with Crippen LogP contribution in [0.2, 0.25) is 0 Å². The molecule has 1 rings (SSSR count). The Labute approximate surface area is 93.9 Å². The van der Waals surface area contributed by atoms with Gasteiger partial charge in [0, 0.05) is 5.57 Å². The number of nitrogens with two attached hydrogens (primary N) is 1. The van der Waals surface area contributed by atoms with Gasteiger partial charge in [-0.2, -0.15) is 0 Å². The van der Waals surface area contributed by atoms with Crippen molar-refractivity contribution >= 4 is 27.9 Å². The number of rotatable bonds is 2. The standard InChI is InChI=1S/C10H8BrF2NO/c1-5(10(14)15)2-6-3-7(12)9(11)8(13)4-6/h2-4H,1H3,(H2,14,15). The van der Waals surface area contributed by atoms with Crippen LogP contribution in [0.1, 0.15) is 12.5 Å². The predicted octanol–water partition coefficient (Wildman–Crippen LogP) is 2.62. The van der Waals surface area contributed by atoms with E-state index in [4.69, 9.17) is 5.73 Å². The molecule has 5 heteroatoms. The third kappa shape index (κ3) is 2.86. The lowest BCUT2D eigenvalue weighted by atomic mass is 10.1. The van der Waals surface area contributed by atoms with Gasteiger partial charge in [-0.05, 0) is 46.6 Å². The molecule has 0 unspecified atom stereocenters. The number of hydrogen-bond donors (Lipinski definition) is 1. The average Bonchev–Trinajstić information content (AvgIpc) is 2.13. The first kappa shape index (κ1) is 11.8. The van der Waals surface area contributed by atoms with Gasteiger partial charge in [0.05, 0.1) is 4.47 Å². The average molecular weight is 276 g/mol. The van der Waals surface area contributed by atoms with Crippen LogP contribution in [0, 0.1) is 11.6 Å². The van der Waals surface area contributed by atoms with Crippen LogP contribution in [0.15, 0.2) is 22.2 Å². The Hall–Kier alpha value is -1.23. The largest absolute Gasteiger partial charge is 0.366 e. The Bertz CT molecular complexity index is 420. The second kappa shape index (κ2) is 4.53. The van der Waals surface area contributed by atoms with Crippen LogP contribution >= 0.6 is 15.9 Å². The molecular weight excluding hydrogens is 268 g/mol. The molecule has 0 spiro atoms. The van der Waals surface area contributed by atoms with Gasteiger partial charge < -0.3 is 5.73 Å². The first-order valence-electron chi connectivity index (χ1n) is 4.04. The molecule has 1 aromatic rings. The van der Waals surface area contributed by atoms with Crippen LogP contribution in [-0.4, -0.2) is 5.91 Å². The van der Waals surface area contributed by atoms with Crippen molar-refractivity contribution in [3.63, 3.8) is 0 Å². The van der Waals surface area contributed by atoms with Crippen molar-refractivity contribution in [3.8, 4) is 0 Å². The SMILES string of the molecule is CC(=Cc1cc(F)c(Br)c(F)c1)C(N)=O. The normalized spacial score (nSPS) is 11.6. The highest BCUT2D eigenvalue weighted by Gasteiger charge is 2.07. The summed E-state index contributed by atoms with van der Waals surface area (Å²) in [5.74, 6) is -2.07. The summed E-state index contributed by atoms with van der Waals surface area (Å²) in [5.41, 5.74) is 5.47. The summed E-state index contributed by atoms with van der Waals surface area (Å²) in [5, 5.41) is 0. The molecule has 2 N–H and O–H groups in total. The van der Waals surface area contributed by atoms with Crippen molar-refractivity contribution < 1.29 is 13.6 Å². The van der Waals surface area contributed by atoms with Crippen molar-refractivity contribution in [1.82, 2.24) is 0 Å². The Balaban J connectivity index is 3.18. The molecule has 0 bridgehead atoms. The van der Waals surface area contributed by atoms with E-state index in [1.165, 1.54) is 13.0 Å². The molecule has 0 atom stereocenters. The van der Waals surface area contributed by atoms with Crippen LogP contribution in [-0.2, 0) is 4.79 Å². The monoisotopic (exact) mass is 275 g/mol. The maximum absolute atomic E-state index is 13.1. The van der Waals surface area contributed by atoms with Gasteiger partial charge in [0.15, 0.2) is 0 Å². The lowest BCUT2D eigenvalue weighted by Gasteiger charge is -2.00. The number of amides is 1. The lowest BCUT2D eigenvalue weighted by molar-refractivity contribution is -0.114. The van der Waals surface area contributed by atoms with Gasteiger partial charge in [0.1, 0.15) is 11.6 Å². The number of carbonyl (C=O) groups is 1. The smallest absolute Gasteiger partial charge is 0.244 e. The molecule has 2 nitrogen and oxygen atoms in total. The van der Waals surface area contributed by atoms with Gasteiger partial charge in [0.25, 0.3) is 0 Å². The molecule has 0 aliphatic rings. The van der Waals surface area contributed by atoms with E-state index in [1.54, 1.807) is 0 Å². The maximum Gasteiger partial charge on any atom is 0.244 e. The van der Waals surface area contributed by atoms with Crippen LogP contribution < -0.4 is 5.73 Å². The van der Waals surface area contributed by atoms with Gasteiger partial charge in [-0.3, -0.25) is 4.79 Å². The highest BCUT2D eigenvalue weighted by atomic mass is 79.9. The summed E-state index contributed by atoms with van der Waals surface area (Å²) in [7, 11) is 0. The second-order valence-electron chi connectivity index (χ2n) is 2.99. The molecule has 0 radical (unpaired) electrons. The zero-order valence-electron chi connectivity index (χ0n) is 7.85. The van der Waals surface area contributed by atoms with Gasteiger partial charge >= 0.3 is 0 Å². The lowest BCUT2D eigenvalue weighted by Crippen LogP contribution is -2.11. The van der Waals surface area contributed by atoms with Crippen molar-refractivity contribution in [2.75, 3.05) is 0 Å². The third-order valence-electron chi connectivity index (χ3n) is 1.78. The summed E-state index contributed by atoms with van der Waals surface area (Å²) in [6, 6.07) is 2.22. The summed E-state index contributed by atoms with van der Waals surface area (Å²) in [6.07, 6.45) is 1.32. The summed E-state index contributed by atoms with van der Waals surface area (Å²) >= 11 is 2.75. The third-order valence-corrected chi connectivity index (χ3v) is 2.54. The molecule has 0 aliphatic heterocycles. The second-order valence-corrected chi connectivity index (χ2v) is 3.78. The van der Waals surface area contributed by atoms with E-state index in [1.807, 2.05) is 0 Å². The Morgan fingerprint density at radius 3 is 2.27 bits per heavy atom. The fourth-order valence-electron chi connectivity index (χ4n) is 0.980. The minimum Gasteiger partial charge on any atom is -0.366 e. The number of carbonyl (C=O) groups excluding carboxylic acids is 1. The Morgan fingerprint density at radius 1 is 1.40 bits per heavy atom. The van der Waals surface area contributed by atoms with Crippen LogP contribution in [0.25, 0.3) is 6.08 Å². The predicted molar refractivity (Wildman–Crippen MR) is 56.9 cm³/mol. The molecule has 0 fully saturated rings. The van der Waals surface area contributed by atoms with E-state index in [0.717, 1.165) is 12.1 Å². The molecule has 0 aromatic heterocycles. The van der Waals surface area contributed by atoms with E-state index >= 15 is 0 Å². The summed E-state index contributed by atoms with van der Waals surface area (Å²) in [4.78, 5) is 10.7. The molecule has 0 aliphatic carbocycles. The van der Waals surface area contributed by atoms with E-state index in [2.05, 4.69) is 15.9 Å². The molecule has 15 heavy (non-hydrogen) atoms. The highest BCUT2D eigenvalue weighted by molar-refractivity contribution is 9.10. The summed E-state index contributed by atoms with van der Waals surface area (Å²) < 4.78 is 25.9. The van der Waals surface area contributed by atoms with Crippen molar-refractivity contribution in [3.05, 3.63) is 39.4 Å². The van der Waals surface area contributed by atoms with Crippen molar-refractivity contribution in [2.45, 2.75) is 6.92 Å². The van der Waals surface area contributed by atoms with Crippen LogP contribution in [0.5, 0.6) is 0 Å². The number of primary amides is 1. The number of hydrogen-bond acceptors (Lipinski definition) is 1. The zero-order chi connectivity index (χ0) is 11.6. The zero-order valence-corrected chi connectivity index (χ0v) is 9.44. The fraction of sp³-hybridized carbons (Fsp3) is 0.100. The molecule has 1 aromatic carbocycles. The number of benzene rings is 1. The van der Waals surface area contributed by atoms with Crippen LogP contribution in [0.3, 0.4) is 0 Å². The van der Waals surface area contributed by atoms with Gasteiger partial charge in [-0.1, -0.05) is 0 Å². The first-order chi connectivity index (χ1) is 6.91. The molecule has 0 saturated carbocycles. The van der Waals surface area contributed by atoms with E-state index in [0.29, 0.717) is 0 Å². The maximum atomic E-state index is 13.1. The molecule has 1 amide bonds. The van der Waals surface area contributed by atoms with Gasteiger partial charge in [-0.25, -0.2) is 8.78 Å². The first-order valence-corrected chi connectivity index (χ1v) is 4.83. The van der Waals surface area contributed by atoms with Crippen molar-refractivity contribution in [1.29, 1.82) is 0 Å². The van der Waals surface area contributed by atoms with E-state index < -0.39 is 17.5 Å². The minimum absolute atomic E-state index is 0.226. The molecule has 0 heterocycles. The molecule has 0 saturated heterocycles. The van der Waals surface area contributed by atoms with E-state index in [9.17, 15) is 13.6 Å². The quantitative estimate of drug-likeness (QED) is 0.654. The van der Waals surface area contributed by atoms with Crippen LogP contribution in [0.4, 0.5) is 8.78 Å². The molecule has 80 valence electrons. The number of halogens is 3. The van der Waals surface area contributed by atoms with E-state index in [-0.39, 0.29) is 15.6 Å². The topological polar surface area (TPSA) is 43.1 Å². The summed E-state index contributed by atoms with van der Waals surface area (Å²) in [6.45, 7) is 1.47. The Morgan fingerprint density at radius 2 is 1.87 bits per heavy atom.